The van der Waals surface area contributed by atoms with Gasteiger partial charge in [0.2, 0.25) is 5.91 Å². The van der Waals surface area contributed by atoms with Gasteiger partial charge in [0, 0.05) is 29.8 Å². The summed E-state index contributed by atoms with van der Waals surface area (Å²) in [6.45, 7) is 0.636. The van der Waals surface area contributed by atoms with E-state index in [0.29, 0.717) is 13.0 Å². The van der Waals surface area contributed by atoms with Gasteiger partial charge >= 0.3 is 0 Å². The van der Waals surface area contributed by atoms with Gasteiger partial charge in [0.15, 0.2) is 5.13 Å². The molecule has 1 fully saturated rings. The number of carbonyl (C=O) groups is 1. The SMILES string of the molecule is O=C1CC(S)CN1c1nc(-c2ccccn2)cs1. The Hall–Kier alpha value is -1.40. The van der Waals surface area contributed by atoms with Gasteiger partial charge in [-0.15, -0.1) is 11.3 Å². The van der Waals surface area contributed by atoms with Crippen LogP contribution in [0.15, 0.2) is 29.8 Å². The fourth-order valence-electron chi connectivity index (χ4n) is 1.89. The largest absolute Gasteiger partial charge is 0.287 e. The van der Waals surface area contributed by atoms with Crippen LogP contribution in [-0.4, -0.2) is 27.7 Å². The zero-order valence-electron chi connectivity index (χ0n) is 9.48. The Morgan fingerprint density at radius 1 is 1.39 bits per heavy atom. The topological polar surface area (TPSA) is 46.1 Å². The molecule has 1 atom stereocenters. The maximum absolute atomic E-state index is 11.8. The van der Waals surface area contributed by atoms with Crippen molar-refractivity contribution in [2.45, 2.75) is 11.7 Å². The van der Waals surface area contributed by atoms with E-state index in [1.54, 1.807) is 11.1 Å². The van der Waals surface area contributed by atoms with Crippen molar-refractivity contribution in [1.82, 2.24) is 9.97 Å². The first kappa shape index (κ1) is 11.7. The lowest BCUT2D eigenvalue weighted by molar-refractivity contribution is -0.117. The molecule has 3 heterocycles. The van der Waals surface area contributed by atoms with Crippen molar-refractivity contribution in [2.75, 3.05) is 11.4 Å². The van der Waals surface area contributed by atoms with Crippen LogP contribution in [0.1, 0.15) is 6.42 Å². The van der Waals surface area contributed by atoms with Crippen molar-refractivity contribution in [2.24, 2.45) is 0 Å². The first-order valence-corrected chi connectivity index (χ1v) is 6.99. The van der Waals surface area contributed by atoms with E-state index in [1.165, 1.54) is 11.3 Å². The van der Waals surface area contributed by atoms with Gasteiger partial charge in [-0.25, -0.2) is 4.98 Å². The van der Waals surface area contributed by atoms with E-state index < -0.39 is 0 Å². The van der Waals surface area contributed by atoms with E-state index in [2.05, 4.69) is 22.6 Å². The van der Waals surface area contributed by atoms with Crippen LogP contribution in [-0.2, 0) is 4.79 Å². The van der Waals surface area contributed by atoms with Crippen LogP contribution >= 0.6 is 24.0 Å². The molecule has 0 N–H and O–H groups in total. The van der Waals surface area contributed by atoms with Crippen LogP contribution in [0.5, 0.6) is 0 Å². The maximum atomic E-state index is 11.8. The predicted molar refractivity (Wildman–Crippen MR) is 75.1 cm³/mol. The van der Waals surface area contributed by atoms with Crippen LogP contribution in [0, 0.1) is 0 Å². The van der Waals surface area contributed by atoms with Crippen molar-refractivity contribution in [3.8, 4) is 11.4 Å². The summed E-state index contributed by atoms with van der Waals surface area (Å²) >= 11 is 5.81. The van der Waals surface area contributed by atoms with E-state index in [9.17, 15) is 4.79 Å². The van der Waals surface area contributed by atoms with Gasteiger partial charge in [0.05, 0.1) is 5.69 Å². The number of hydrogen-bond acceptors (Lipinski definition) is 5. The molecule has 4 nitrogen and oxygen atoms in total. The van der Waals surface area contributed by atoms with Crippen LogP contribution in [0.3, 0.4) is 0 Å². The minimum absolute atomic E-state index is 0.0944. The molecular formula is C12H11N3OS2. The maximum Gasteiger partial charge on any atom is 0.229 e. The molecule has 0 aliphatic carbocycles. The Balaban J connectivity index is 1.88. The highest BCUT2D eigenvalue weighted by atomic mass is 32.1. The Bertz CT molecular complexity index is 570. The van der Waals surface area contributed by atoms with E-state index in [0.717, 1.165) is 16.5 Å². The number of thiol groups is 1. The normalized spacial score (nSPS) is 19.5. The van der Waals surface area contributed by atoms with Gasteiger partial charge in [0.1, 0.15) is 5.69 Å². The zero-order valence-corrected chi connectivity index (χ0v) is 11.2. The summed E-state index contributed by atoms with van der Waals surface area (Å²) < 4.78 is 0. The molecule has 1 amide bonds. The van der Waals surface area contributed by atoms with Gasteiger partial charge in [-0.3, -0.25) is 14.7 Å². The summed E-state index contributed by atoms with van der Waals surface area (Å²) in [5.74, 6) is 0.0944. The molecule has 1 saturated heterocycles. The fraction of sp³-hybridized carbons (Fsp3) is 0.250. The molecule has 0 spiro atoms. The number of anilines is 1. The van der Waals surface area contributed by atoms with Crippen molar-refractivity contribution < 1.29 is 4.79 Å². The first-order chi connectivity index (χ1) is 8.74. The molecule has 0 aromatic carbocycles. The Kier molecular flexibility index (Phi) is 3.05. The monoisotopic (exact) mass is 277 g/mol. The summed E-state index contributed by atoms with van der Waals surface area (Å²) in [4.78, 5) is 22.2. The molecule has 6 heteroatoms. The molecule has 1 aliphatic rings. The average molecular weight is 277 g/mol. The van der Waals surface area contributed by atoms with Gasteiger partial charge in [-0.2, -0.15) is 12.6 Å². The van der Waals surface area contributed by atoms with Crippen LogP contribution in [0.4, 0.5) is 5.13 Å². The molecule has 92 valence electrons. The molecule has 2 aromatic heterocycles. The molecule has 2 aromatic rings. The number of nitrogens with zero attached hydrogens (tertiary/aromatic N) is 3. The summed E-state index contributed by atoms with van der Waals surface area (Å²) in [6.07, 6.45) is 2.22. The smallest absolute Gasteiger partial charge is 0.229 e. The zero-order chi connectivity index (χ0) is 12.5. The van der Waals surface area contributed by atoms with Crippen LogP contribution in [0.25, 0.3) is 11.4 Å². The summed E-state index contributed by atoms with van der Waals surface area (Å²) in [5, 5.41) is 2.77. The molecule has 1 aliphatic heterocycles. The number of carbonyl (C=O) groups excluding carboxylic acids is 1. The number of thiazole rings is 1. The van der Waals surface area contributed by atoms with E-state index in [1.807, 2.05) is 23.6 Å². The minimum atomic E-state index is 0.0944. The number of amides is 1. The van der Waals surface area contributed by atoms with Crippen LogP contribution < -0.4 is 4.90 Å². The number of pyridine rings is 1. The van der Waals surface area contributed by atoms with Crippen molar-refractivity contribution in [3.63, 3.8) is 0 Å². The quantitative estimate of drug-likeness (QED) is 0.856. The molecular weight excluding hydrogens is 266 g/mol. The number of rotatable bonds is 2. The first-order valence-electron chi connectivity index (χ1n) is 5.59. The summed E-state index contributed by atoms with van der Waals surface area (Å²) in [5.41, 5.74) is 1.64. The van der Waals surface area contributed by atoms with Gasteiger partial charge in [0.25, 0.3) is 0 Å². The van der Waals surface area contributed by atoms with Crippen LogP contribution in [0.2, 0.25) is 0 Å². The highest BCUT2D eigenvalue weighted by Crippen LogP contribution is 2.30. The molecule has 3 rings (SSSR count). The summed E-state index contributed by atoms with van der Waals surface area (Å²) in [7, 11) is 0. The molecule has 1 unspecified atom stereocenters. The Labute approximate surface area is 114 Å². The Morgan fingerprint density at radius 3 is 2.94 bits per heavy atom. The third-order valence-corrected chi connectivity index (χ3v) is 3.96. The average Bonchev–Trinajstić information content (AvgIpc) is 2.97. The minimum Gasteiger partial charge on any atom is -0.287 e. The third kappa shape index (κ3) is 2.13. The van der Waals surface area contributed by atoms with Crippen molar-refractivity contribution >= 4 is 35.0 Å². The lowest BCUT2D eigenvalue weighted by Crippen LogP contribution is -2.24. The second-order valence-corrected chi connectivity index (χ2v) is 5.66. The highest BCUT2D eigenvalue weighted by Gasteiger charge is 2.30. The standard InChI is InChI=1S/C12H11N3OS2/c16-11-5-8(17)6-15(11)12-14-10(7-18-12)9-3-1-2-4-13-9/h1-4,7-8,17H,5-6H2. The Morgan fingerprint density at radius 2 is 2.28 bits per heavy atom. The van der Waals surface area contributed by atoms with E-state index in [4.69, 9.17) is 0 Å². The van der Waals surface area contributed by atoms with Crippen molar-refractivity contribution in [1.29, 1.82) is 0 Å². The fourth-order valence-corrected chi connectivity index (χ4v) is 3.06. The lowest BCUT2D eigenvalue weighted by Gasteiger charge is -2.10. The van der Waals surface area contributed by atoms with Gasteiger partial charge in [-0.1, -0.05) is 6.07 Å². The van der Waals surface area contributed by atoms with Gasteiger partial charge < -0.3 is 0 Å². The third-order valence-electron chi connectivity index (χ3n) is 2.75. The highest BCUT2D eigenvalue weighted by molar-refractivity contribution is 7.81. The summed E-state index contributed by atoms with van der Waals surface area (Å²) in [6, 6.07) is 5.70. The van der Waals surface area contributed by atoms with Crippen molar-refractivity contribution in [3.05, 3.63) is 29.8 Å². The number of aromatic nitrogens is 2. The molecule has 18 heavy (non-hydrogen) atoms. The van der Waals surface area contributed by atoms with E-state index >= 15 is 0 Å². The molecule has 0 radical (unpaired) electrons. The lowest BCUT2D eigenvalue weighted by atomic mass is 10.3. The van der Waals surface area contributed by atoms with Gasteiger partial charge in [-0.05, 0) is 12.1 Å². The predicted octanol–water partition coefficient (Wildman–Crippen LogP) is 2.24. The van der Waals surface area contributed by atoms with E-state index in [-0.39, 0.29) is 11.2 Å². The second kappa shape index (κ2) is 4.70. The molecule has 0 bridgehead atoms. The second-order valence-electron chi connectivity index (χ2n) is 4.09. The molecule has 0 saturated carbocycles. The number of hydrogen-bond donors (Lipinski definition) is 1.